The molecule has 1 aromatic carbocycles. The molecule has 0 fully saturated rings. The van der Waals surface area contributed by atoms with Crippen LogP contribution in [0.25, 0.3) is 0 Å². The second kappa shape index (κ2) is 9.61. The minimum absolute atomic E-state index is 0.0355. The van der Waals surface area contributed by atoms with Gasteiger partial charge in [-0.2, -0.15) is 11.8 Å². The van der Waals surface area contributed by atoms with Crippen molar-refractivity contribution in [3.8, 4) is 5.75 Å². The van der Waals surface area contributed by atoms with Crippen LogP contribution in [-0.4, -0.2) is 29.6 Å². The summed E-state index contributed by atoms with van der Waals surface area (Å²) < 4.78 is 5.58. The van der Waals surface area contributed by atoms with Gasteiger partial charge in [-0.25, -0.2) is 0 Å². The molecule has 5 nitrogen and oxygen atoms in total. The van der Waals surface area contributed by atoms with Gasteiger partial charge in [0.25, 0.3) is 0 Å². The lowest BCUT2D eigenvalue weighted by atomic mass is 10.2. The third kappa shape index (κ3) is 5.79. The van der Waals surface area contributed by atoms with Gasteiger partial charge in [0.05, 0.1) is 11.5 Å². The first-order chi connectivity index (χ1) is 9.69. The molecule has 0 saturated heterocycles. The number of nitro groups is 1. The molecule has 6 heteroatoms. The summed E-state index contributed by atoms with van der Waals surface area (Å²) in [5.74, 6) is 2.46. The molecule has 0 atom stereocenters. The van der Waals surface area contributed by atoms with Gasteiger partial charge >= 0.3 is 5.69 Å². The topological polar surface area (TPSA) is 64.4 Å². The number of benzene rings is 1. The Morgan fingerprint density at radius 3 is 2.85 bits per heavy atom. The third-order valence-electron chi connectivity index (χ3n) is 2.69. The quantitative estimate of drug-likeness (QED) is 0.408. The van der Waals surface area contributed by atoms with Crippen LogP contribution in [0.5, 0.6) is 5.75 Å². The predicted octanol–water partition coefficient (Wildman–Crippen LogP) is 3.23. The molecule has 0 heterocycles. The fraction of sp³-hybridized carbons (Fsp3) is 0.571. The minimum Gasteiger partial charge on any atom is -0.487 e. The standard InChI is InChI=1S/C14H22N2O3S/c1-3-15-11-12-6-7-13(16(17)18)14(10-12)19-8-5-9-20-4-2/h6-7,10,15H,3-5,8-9,11H2,1-2H3. The van der Waals surface area contributed by atoms with Crippen molar-refractivity contribution in [2.45, 2.75) is 26.8 Å². The largest absolute Gasteiger partial charge is 0.487 e. The van der Waals surface area contributed by atoms with Crippen LogP contribution in [0, 0.1) is 10.1 Å². The molecular formula is C14H22N2O3S. The van der Waals surface area contributed by atoms with Gasteiger partial charge in [-0.3, -0.25) is 10.1 Å². The van der Waals surface area contributed by atoms with Crippen LogP contribution in [0.2, 0.25) is 0 Å². The van der Waals surface area contributed by atoms with E-state index in [2.05, 4.69) is 12.2 Å². The summed E-state index contributed by atoms with van der Waals surface area (Å²) in [6.45, 7) is 6.20. The zero-order chi connectivity index (χ0) is 14.8. The number of nitrogens with zero attached hydrogens (tertiary/aromatic N) is 1. The van der Waals surface area contributed by atoms with Crippen LogP contribution >= 0.6 is 11.8 Å². The summed E-state index contributed by atoms with van der Waals surface area (Å²) in [5, 5.41) is 14.2. The number of nitro benzene ring substituents is 1. The SMILES string of the molecule is CCNCc1ccc([N+](=O)[O-])c(OCCCSCC)c1. The van der Waals surface area contributed by atoms with E-state index in [1.807, 2.05) is 18.7 Å². The van der Waals surface area contributed by atoms with E-state index < -0.39 is 4.92 Å². The molecule has 0 aliphatic rings. The average molecular weight is 298 g/mol. The monoisotopic (exact) mass is 298 g/mol. The second-order valence-electron chi connectivity index (χ2n) is 4.24. The Morgan fingerprint density at radius 1 is 1.40 bits per heavy atom. The molecule has 0 unspecified atom stereocenters. The number of hydrogen-bond donors (Lipinski definition) is 1. The average Bonchev–Trinajstić information content (AvgIpc) is 2.44. The summed E-state index contributed by atoms with van der Waals surface area (Å²) in [6.07, 6.45) is 0.896. The van der Waals surface area contributed by atoms with Crippen molar-refractivity contribution in [2.24, 2.45) is 0 Å². The molecule has 0 aliphatic carbocycles. The van der Waals surface area contributed by atoms with Crippen molar-refractivity contribution >= 4 is 17.4 Å². The van der Waals surface area contributed by atoms with Gasteiger partial charge in [-0.15, -0.1) is 0 Å². The molecule has 0 spiro atoms. The molecule has 0 amide bonds. The maximum absolute atomic E-state index is 11.0. The fourth-order valence-corrected chi connectivity index (χ4v) is 2.30. The van der Waals surface area contributed by atoms with Crippen LogP contribution in [0.15, 0.2) is 18.2 Å². The van der Waals surface area contributed by atoms with Crippen molar-refractivity contribution < 1.29 is 9.66 Å². The lowest BCUT2D eigenvalue weighted by Gasteiger charge is -2.09. The number of nitrogens with one attached hydrogen (secondary N) is 1. The smallest absolute Gasteiger partial charge is 0.310 e. The summed E-state index contributed by atoms with van der Waals surface area (Å²) in [7, 11) is 0. The molecule has 112 valence electrons. The number of thioether (sulfide) groups is 1. The highest BCUT2D eigenvalue weighted by atomic mass is 32.2. The highest BCUT2D eigenvalue weighted by Gasteiger charge is 2.15. The van der Waals surface area contributed by atoms with Crippen LogP contribution in [-0.2, 0) is 6.54 Å². The van der Waals surface area contributed by atoms with Gasteiger partial charge in [0.1, 0.15) is 0 Å². The third-order valence-corrected chi connectivity index (χ3v) is 3.68. The Morgan fingerprint density at radius 2 is 2.20 bits per heavy atom. The summed E-state index contributed by atoms with van der Waals surface area (Å²) in [4.78, 5) is 10.6. The Labute approximate surface area is 124 Å². The number of hydrogen-bond acceptors (Lipinski definition) is 5. The summed E-state index contributed by atoms with van der Waals surface area (Å²) in [6, 6.07) is 5.04. The van der Waals surface area contributed by atoms with Crippen LogP contribution in [0.4, 0.5) is 5.69 Å². The molecule has 20 heavy (non-hydrogen) atoms. The van der Waals surface area contributed by atoms with E-state index in [9.17, 15) is 10.1 Å². The van der Waals surface area contributed by atoms with Crippen molar-refractivity contribution in [1.82, 2.24) is 5.32 Å². The Hall–Kier alpha value is -1.27. The van der Waals surface area contributed by atoms with Crippen molar-refractivity contribution in [3.63, 3.8) is 0 Å². The minimum atomic E-state index is -0.396. The van der Waals surface area contributed by atoms with Crippen LogP contribution in [0.1, 0.15) is 25.8 Å². The van der Waals surface area contributed by atoms with Gasteiger partial charge in [0.2, 0.25) is 0 Å². The number of ether oxygens (including phenoxy) is 1. The van der Waals surface area contributed by atoms with E-state index in [4.69, 9.17) is 4.74 Å². The predicted molar refractivity (Wildman–Crippen MR) is 83.6 cm³/mol. The first-order valence-corrected chi connectivity index (χ1v) is 8.03. The second-order valence-corrected chi connectivity index (χ2v) is 5.63. The maximum Gasteiger partial charge on any atom is 0.310 e. The molecular weight excluding hydrogens is 276 g/mol. The maximum atomic E-state index is 11.0. The van der Waals surface area contributed by atoms with Crippen molar-refractivity contribution in [2.75, 3.05) is 24.7 Å². The molecule has 0 bridgehead atoms. The molecule has 0 radical (unpaired) electrons. The van der Waals surface area contributed by atoms with Gasteiger partial charge < -0.3 is 10.1 Å². The van der Waals surface area contributed by atoms with Crippen LogP contribution in [0.3, 0.4) is 0 Å². The van der Waals surface area contributed by atoms with E-state index in [0.29, 0.717) is 18.9 Å². The van der Waals surface area contributed by atoms with Gasteiger partial charge in [0, 0.05) is 12.6 Å². The summed E-state index contributed by atoms with van der Waals surface area (Å²) in [5.41, 5.74) is 1.03. The Kier molecular flexibility index (Phi) is 8.06. The molecule has 1 aromatic rings. The lowest BCUT2D eigenvalue weighted by molar-refractivity contribution is -0.385. The highest BCUT2D eigenvalue weighted by molar-refractivity contribution is 7.99. The van der Waals surface area contributed by atoms with Gasteiger partial charge in [-0.05, 0) is 36.1 Å². The highest BCUT2D eigenvalue weighted by Crippen LogP contribution is 2.28. The Balaban J connectivity index is 2.65. The lowest BCUT2D eigenvalue weighted by Crippen LogP contribution is -2.12. The Bertz CT molecular complexity index is 427. The van der Waals surface area contributed by atoms with E-state index in [-0.39, 0.29) is 5.69 Å². The van der Waals surface area contributed by atoms with E-state index in [0.717, 1.165) is 30.0 Å². The number of rotatable bonds is 10. The van der Waals surface area contributed by atoms with E-state index in [1.165, 1.54) is 6.07 Å². The molecule has 0 saturated carbocycles. The molecule has 0 aromatic heterocycles. The van der Waals surface area contributed by atoms with Gasteiger partial charge in [-0.1, -0.05) is 19.9 Å². The molecule has 1 rings (SSSR count). The first kappa shape index (κ1) is 16.8. The molecule has 1 N–H and O–H groups in total. The normalized spacial score (nSPS) is 10.5. The summed E-state index contributed by atoms with van der Waals surface area (Å²) >= 11 is 1.84. The zero-order valence-electron chi connectivity index (χ0n) is 12.1. The van der Waals surface area contributed by atoms with E-state index >= 15 is 0 Å². The van der Waals surface area contributed by atoms with Crippen molar-refractivity contribution in [3.05, 3.63) is 33.9 Å². The van der Waals surface area contributed by atoms with Crippen LogP contribution < -0.4 is 10.1 Å². The molecule has 0 aliphatic heterocycles. The van der Waals surface area contributed by atoms with Gasteiger partial charge in [0.15, 0.2) is 5.75 Å². The van der Waals surface area contributed by atoms with E-state index in [1.54, 1.807) is 12.1 Å². The van der Waals surface area contributed by atoms with Crippen molar-refractivity contribution in [1.29, 1.82) is 0 Å². The first-order valence-electron chi connectivity index (χ1n) is 6.87. The fourth-order valence-electron chi connectivity index (χ4n) is 1.69. The zero-order valence-corrected chi connectivity index (χ0v) is 12.9.